The molecule has 1 aromatic carbocycles. The van der Waals surface area contributed by atoms with Crippen LogP contribution >= 0.6 is 0 Å². The number of nitrogens with one attached hydrogen (secondary N) is 2. The number of carbonyl (C=O) groups excluding carboxylic acids is 3. The molecule has 3 heterocycles. The molecule has 2 aliphatic heterocycles. The van der Waals surface area contributed by atoms with Crippen LogP contribution in [0.25, 0.3) is 0 Å². The first-order chi connectivity index (χ1) is 17.7. The van der Waals surface area contributed by atoms with E-state index < -0.39 is 36.2 Å². The number of hydrazine groups is 1. The number of cyclic esters (lactones) is 1. The Kier molecular flexibility index (Phi) is 8.06. The summed E-state index contributed by atoms with van der Waals surface area (Å²) in [6.45, 7) is 0.237. The minimum atomic E-state index is -3.22. The van der Waals surface area contributed by atoms with Crippen LogP contribution < -0.4 is 20.5 Å². The SMILES string of the molecule is O=C(NC[C@H]1CN(c2cc(F)c(N3CCNN(C(=O)Cc4ccncc4)CC3)c(F)c2)C(=O)O1)C(F)F. The second kappa shape index (κ2) is 11.4. The van der Waals surface area contributed by atoms with Gasteiger partial charge in [0.25, 0.3) is 5.91 Å². The zero-order valence-electron chi connectivity index (χ0n) is 19.5. The maximum atomic E-state index is 15.1. The van der Waals surface area contributed by atoms with Crippen molar-refractivity contribution in [3.8, 4) is 0 Å². The van der Waals surface area contributed by atoms with Gasteiger partial charge in [-0.3, -0.25) is 24.5 Å². The number of carbonyl (C=O) groups is 3. The van der Waals surface area contributed by atoms with Gasteiger partial charge in [-0.2, -0.15) is 8.78 Å². The van der Waals surface area contributed by atoms with Crippen LogP contribution in [0.5, 0.6) is 0 Å². The van der Waals surface area contributed by atoms with Crippen molar-refractivity contribution in [2.24, 2.45) is 0 Å². The largest absolute Gasteiger partial charge is 0.442 e. The second-order valence-corrected chi connectivity index (χ2v) is 8.39. The molecule has 0 aliphatic carbocycles. The third-order valence-electron chi connectivity index (χ3n) is 5.89. The maximum absolute atomic E-state index is 15.1. The molecular weight excluding hydrogens is 500 g/mol. The standard InChI is InChI=1S/C23H24F4N6O4/c24-17-10-15(32-13-16(37-23(32)36)12-29-22(35)21(26)27)11-18(25)20(17)31-6-5-30-33(8-7-31)19(34)9-14-1-3-28-4-2-14/h1-4,10-11,16,21,30H,5-9,12-13H2,(H,29,35)/t16-/m0/s1. The van der Waals surface area contributed by atoms with Crippen molar-refractivity contribution in [3.63, 3.8) is 0 Å². The zero-order valence-corrected chi connectivity index (χ0v) is 19.5. The summed E-state index contributed by atoms with van der Waals surface area (Å²) in [5, 5.41) is 3.35. The number of anilines is 2. The van der Waals surface area contributed by atoms with Crippen LogP contribution in [-0.2, 0) is 20.7 Å². The number of nitrogens with zero attached hydrogens (tertiary/aromatic N) is 4. The summed E-state index contributed by atoms with van der Waals surface area (Å²) >= 11 is 0. The summed E-state index contributed by atoms with van der Waals surface area (Å²) in [7, 11) is 0. The zero-order chi connectivity index (χ0) is 26.5. The van der Waals surface area contributed by atoms with E-state index in [1.54, 1.807) is 24.5 Å². The topological polar surface area (TPSA) is 107 Å². The average Bonchev–Trinajstić information content (AvgIpc) is 3.07. The van der Waals surface area contributed by atoms with Crippen LogP contribution in [0.2, 0.25) is 0 Å². The van der Waals surface area contributed by atoms with Crippen molar-refractivity contribution in [2.45, 2.75) is 19.0 Å². The Balaban J connectivity index is 1.39. The molecule has 2 fully saturated rings. The van der Waals surface area contributed by atoms with Gasteiger partial charge in [0.2, 0.25) is 5.91 Å². The molecular formula is C23H24F4N6O4. The van der Waals surface area contributed by atoms with Crippen molar-refractivity contribution in [2.75, 3.05) is 49.1 Å². The molecule has 3 amide bonds. The van der Waals surface area contributed by atoms with E-state index in [1.165, 1.54) is 9.91 Å². The molecule has 0 spiro atoms. The van der Waals surface area contributed by atoms with E-state index in [4.69, 9.17) is 4.74 Å². The van der Waals surface area contributed by atoms with Crippen molar-refractivity contribution in [3.05, 3.63) is 53.9 Å². The molecule has 4 rings (SSSR count). The van der Waals surface area contributed by atoms with E-state index >= 15 is 8.78 Å². The minimum absolute atomic E-state index is 0.117. The van der Waals surface area contributed by atoms with Crippen LogP contribution in [0.15, 0.2) is 36.7 Å². The summed E-state index contributed by atoms with van der Waals surface area (Å²) in [4.78, 5) is 42.2. The summed E-state index contributed by atoms with van der Waals surface area (Å²) in [6.07, 6.45) is -1.79. The minimum Gasteiger partial charge on any atom is -0.442 e. The van der Waals surface area contributed by atoms with Gasteiger partial charge in [0, 0.05) is 44.2 Å². The van der Waals surface area contributed by atoms with Gasteiger partial charge in [0.1, 0.15) is 11.8 Å². The maximum Gasteiger partial charge on any atom is 0.414 e. The van der Waals surface area contributed by atoms with Crippen LogP contribution in [-0.4, -0.2) is 79.7 Å². The monoisotopic (exact) mass is 524 g/mol. The average molecular weight is 524 g/mol. The molecule has 2 N–H and O–H groups in total. The van der Waals surface area contributed by atoms with Gasteiger partial charge in [-0.25, -0.2) is 19.0 Å². The number of hydrogen-bond acceptors (Lipinski definition) is 7. The molecule has 10 nitrogen and oxygen atoms in total. The Morgan fingerprint density at radius 3 is 2.51 bits per heavy atom. The fourth-order valence-electron chi connectivity index (χ4n) is 4.08. The molecule has 1 atom stereocenters. The predicted molar refractivity (Wildman–Crippen MR) is 123 cm³/mol. The molecule has 2 aliphatic rings. The molecule has 2 aromatic rings. The second-order valence-electron chi connectivity index (χ2n) is 8.39. The summed E-state index contributed by atoms with van der Waals surface area (Å²) < 4.78 is 59.8. The van der Waals surface area contributed by atoms with Gasteiger partial charge < -0.3 is 15.0 Å². The molecule has 198 valence electrons. The molecule has 0 radical (unpaired) electrons. The van der Waals surface area contributed by atoms with Gasteiger partial charge in [-0.05, 0) is 17.7 Å². The highest BCUT2D eigenvalue weighted by Crippen LogP contribution is 2.31. The van der Waals surface area contributed by atoms with Gasteiger partial charge in [-0.1, -0.05) is 0 Å². The van der Waals surface area contributed by atoms with Gasteiger partial charge >= 0.3 is 12.5 Å². The number of alkyl halides is 2. The third-order valence-corrected chi connectivity index (χ3v) is 5.89. The van der Waals surface area contributed by atoms with E-state index in [0.717, 1.165) is 22.6 Å². The first-order valence-electron chi connectivity index (χ1n) is 11.4. The van der Waals surface area contributed by atoms with E-state index in [9.17, 15) is 23.2 Å². The number of benzene rings is 1. The van der Waals surface area contributed by atoms with Crippen molar-refractivity contribution < 1.29 is 36.7 Å². The van der Waals surface area contributed by atoms with Crippen molar-refractivity contribution in [1.29, 1.82) is 0 Å². The lowest BCUT2D eigenvalue weighted by atomic mass is 10.2. The Hall–Kier alpha value is -3.94. The molecule has 0 unspecified atom stereocenters. The number of halogens is 4. The number of rotatable bonds is 7. The molecule has 0 saturated carbocycles. The first kappa shape index (κ1) is 26.1. The van der Waals surface area contributed by atoms with E-state index in [0.29, 0.717) is 0 Å². The fourth-order valence-corrected chi connectivity index (χ4v) is 4.08. The lowest BCUT2D eigenvalue weighted by molar-refractivity contribution is -0.133. The number of amides is 3. The predicted octanol–water partition coefficient (Wildman–Crippen LogP) is 1.46. The third kappa shape index (κ3) is 6.25. The fraction of sp³-hybridized carbons (Fsp3) is 0.391. The summed E-state index contributed by atoms with van der Waals surface area (Å²) in [5.41, 5.74) is 3.34. The highest BCUT2D eigenvalue weighted by atomic mass is 19.3. The van der Waals surface area contributed by atoms with E-state index in [2.05, 4.69) is 10.4 Å². The lowest BCUT2D eigenvalue weighted by Gasteiger charge is -2.25. The van der Waals surface area contributed by atoms with Gasteiger partial charge in [0.05, 0.1) is 31.7 Å². The van der Waals surface area contributed by atoms with Crippen LogP contribution in [0.3, 0.4) is 0 Å². The molecule has 1 aromatic heterocycles. The van der Waals surface area contributed by atoms with E-state index in [1.807, 2.05) is 5.32 Å². The number of aromatic nitrogens is 1. The van der Waals surface area contributed by atoms with Crippen LogP contribution in [0.1, 0.15) is 5.56 Å². The first-order valence-corrected chi connectivity index (χ1v) is 11.4. The normalized spacial score (nSPS) is 18.1. The quantitative estimate of drug-likeness (QED) is 0.529. The molecule has 2 saturated heterocycles. The molecule has 0 bridgehead atoms. The Morgan fingerprint density at radius 2 is 1.84 bits per heavy atom. The van der Waals surface area contributed by atoms with Crippen molar-refractivity contribution >= 4 is 29.3 Å². The smallest absolute Gasteiger partial charge is 0.414 e. The molecule has 37 heavy (non-hydrogen) atoms. The highest BCUT2D eigenvalue weighted by molar-refractivity contribution is 5.90. The molecule has 14 heteroatoms. The van der Waals surface area contributed by atoms with E-state index in [-0.39, 0.29) is 63.0 Å². The Labute approximate surface area is 209 Å². The Morgan fingerprint density at radius 1 is 1.14 bits per heavy atom. The number of ether oxygens (including phenoxy) is 1. The number of pyridine rings is 1. The summed E-state index contributed by atoms with van der Waals surface area (Å²) in [5.74, 6) is -3.56. The number of hydrogen-bond donors (Lipinski definition) is 2. The lowest BCUT2D eigenvalue weighted by Crippen LogP contribution is -2.44. The summed E-state index contributed by atoms with van der Waals surface area (Å²) in [6, 6.07) is 5.41. The van der Waals surface area contributed by atoms with Crippen molar-refractivity contribution in [1.82, 2.24) is 20.7 Å². The van der Waals surface area contributed by atoms with Crippen LogP contribution in [0.4, 0.5) is 33.7 Å². The van der Waals surface area contributed by atoms with Crippen LogP contribution in [0, 0.1) is 11.6 Å². The highest BCUT2D eigenvalue weighted by Gasteiger charge is 2.34. The van der Waals surface area contributed by atoms with Gasteiger partial charge in [0.15, 0.2) is 11.6 Å². The van der Waals surface area contributed by atoms with Gasteiger partial charge in [-0.15, -0.1) is 0 Å². The Bertz CT molecular complexity index is 1130.